The maximum absolute atomic E-state index is 13.2. The summed E-state index contributed by atoms with van der Waals surface area (Å²) in [5.41, 5.74) is 3.37. The van der Waals surface area contributed by atoms with Crippen molar-refractivity contribution in [3.05, 3.63) is 95.6 Å². The second-order valence-electron chi connectivity index (χ2n) is 9.24. The quantitative estimate of drug-likeness (QED) is 0.590. The van der Waals surface area contributed by atoms with Crippen LogP contribution in [-0.2, 0) is 15.4 Å². The highest BCUT2D eigenvalue weighted by molar-refractivity contribution is 7.90. The normalized spacial score (nSPS) is 17.2. The van der Waals surface area contributed by atoms with Crippen molar-refractivity contribution in [2.24, 2.45) is 0 Å². The second kappa shape index (κ2) is 8.98. The maximum Gasteiger partial charge on any atom is 0.253 e. The molecule has 1 fully saturated rings. The lowest BCUT2D eigenvalue weighted by Crippen LogP contribution is -2.45. The molecule has 0 spiro atoms. The van der Waals surface area contributed by atoms with E-state index in [0.717, 1.165) is 24.2 Å². The van der Waals surface area contributed by atoms with Crippen LogP contribution in [0.2, 0.25) is 0 Å². The number of benzene rings is 3. The Hall–Kier alpha value is -3.42. The zero-order chi connectivity index (χ0) is 24.6. The van der Waals surface area contributed by atoms with Crippen LogP contribution < -0.4 is 4.90 Å². The van der Waals surface area contributed by atoms with Crippen molar-refractivity contribution in [3.8, 4) is 0 Å². The number of hydrogen-bond donors (Lipinski definition) is 1. The summed E-state index contributed by atoms with van der Waals surface area (Å²) in [6.45, 7) is 1.56. The number of sulfone groups is 1. The first kappa shape index (κ1) is 23.3. The van der Waals surface area contributed by atoms with Gasteiger partial charge in [-0.3, -0.25) is 4.79 Å². The molecule has 1 amide bonds. The molecule has 0 aromatic heterocycles. The lowest BCUT2D eigenvalue weighted by molar-refractivity contribution is -0.0212. The summed E-state index contributed by atoms with van der Waals surface area (Å²) < 4.78 is 23.8. The largest absolute Gasteiger partial charge is 0.385 e. The molecule has 0 bridgehead atoms. The smallest absolute Gasteiger partial charge is 0.253 e. The van der Waals surface area contributed by atoms with E-state index in [1.807, 2.05) is 36.4 Å². The van der Waals surface area contributed by atoms with Crippen molar-refractivity contribution in [2.45, 2.75) is 23.3 Å². The summed E-state index contributed by atoms with van der Waals surface area (Å²) in [5, 5.41) is 11.2. The predicted molar refractivity (Wildman–Crippen MR) is 138 cm³/mol. The van der Waals surface area contributed by atoms with Crippen LogP contribution in [0.25, 0.3) is 6.08 Å². The fourth-order valence-corrected chi connectivity index (χ4v) is 5.52. The van der Waals surface area contributed by atoms with Gasteiger partial charge in [0.15, 0.2) is 9.84 Å². The van der Waals surface area contributed by atoms with E-state index in [1.54, 1.807) is 23.1 Å². The number of likely N-dealkylation sites (tertiary alicyclic amines) is 1. The predicted octanol–water partition coefficient (Wildman–Crippen LogP) is 4.38. The van der Waals surface area contributed by atoms with Gasteiger partial charge in [-0.1, -0.05) is 42.5 Å². The molecule has 1 N–H and O–H groups in total. The number of carbonyl (C=O) groups excluding carboxylic acids is 1. The van der Waals surface area contributed by atoms with Gasteiger partial charge >= 0.3 is 0 Å². The molecule has 180 valence electrons. The molecule has 5 rings (SSSR count). The van der Waals surface area contributed by atoms with Crippen molar-refractivity contribution in [3.63, 3.8) is 0 Å². The monoisotopic (exact) mass is 488 g/mol. The van der Waals surface area contributed by atoms with Gasteiger partial charge in [0.2, 0.25) is 0 Å². The van der Waals surface area contributed by atoms with Gasteiger partial charge in [-0.05, 0) is 66.4 Å². The first-order valence-corrected chi connectivity index (χ1v) is 13.6. The number of amides is 1. The summed E-state index contributed by atoms with van der Waals surface area (Å²) >= 11 is 0. The number of para-hydroxylation sites is 1. The third-order valence-corrected chi connectivity index (χ3v) is 8.03. The molecule has 0 unspecified atom stereocenters. The Kier molecular flexibility index (Phi) is 5.99. The second-order valence-corrected chi connectivity index (χ2v) is 11.3. The summed E-state index contributed by atoms with van der Waals surface area (Å²) in [7, 11) is -3.36. The molecule has 0 atom stereocenters. The van der Waals surface area contributed by atoms with Crippen molar-refractivity contribution >= 4 is 33.2 Å². The average molecular weight is 489 g/mol. The molecule has 0 radical (unpaired) electrons. The van der Waals surface area contributed by atoms with Crippen LogP contribution in [-0.4, -0.2) is 50.2 Å². The fourth-order valence-electron chi connectivity index (χ4n) is 4.85. The molecule has 2 heterocycles. The van der Waals surface area contributed by atoms with Crippen molar-refractivity contribution < 1.29 is 18.3 Å². The minimum Gasteiger partial charge on any atom is -0.385 e. The summed E-state index contributed by atoms with van der Waals surface area (Å²) in [6, 6.07) is 22.4. The number of piperidine rings is 1. The Morgan fingerprint density at radius 3 is 2.37 bits per heavy atom. The number of anilines is 2. The zero-order valence-electron chi connectivity index (χ0n) is 19.6. The van der Waals surface area contributed by atoms with Gasteiger partial charge in [0.25, 0.3) is 5.91 Å². The van der Waals surface area contributed by atoms with Crippen molar-refractivity contribution in [2.75, 3.05) is 30.8 Å². The molecule has 2 aliphatic heterocycles. The van der Waals surface area contributed by atoms with Gasteiger partial charge in [-0.2, -0.15) is 0 Å². The molecule has 1 saturated heterocycles. The Bertz CT molecular complexity index is 1390. The molecule has 3 aromatic rings. The SMILES string of the molecule is CS(=O)(=O)c1cccc(C2(O)CCN(C(=O)c3ccc(N4CC=Cc5ccccc54)cc3)CC2)c1. The highest BCUT2D eigenvalue weighted by atomic mass is 32.2. The van der Waals surface area contributed by atoms with Crippen LogP contribution in [0.4, 0.5) is 11.4 Å². The third-order valence-electron chi connectivity index (χ3n) is 6.92. The highest BCUT2D eigenvalue weighted by Gasteiger charge is 2.36. The molecule has 2 aliphatic rings. The van der Waals surface area contributed by atoms with Crippen LogP contribution in [0.1, 0.15) is 34.3 Å². The molecule has 3 aromatic carbocycles. The molecule has 0 saturated carbocycles. The maximum atomic E-state index is 13.2. The molecule has 7 heteroatoms. The van der Waals surface area contributed by atoms with Gasteiger partial charge in [-0.25, -0.2) is 8.42 Å². The van der Waals surface area contributed by atoms with E-state index < -0.39 is 15.4 Å². The minimum absolute atomic E-state index is 0.0672. The number of aliphatic hydroxyl groups is 1. The van der Waals surface area contributed by atoms with Crippen molar-refractivity contribution in [1.82, 2.24) is 4.90 Å². The van der Waals surface area contributed by atoms with E-state index in [9.17, 15) is 18.3 Å². The van der Waals surface area contributed by atoms with Gasteiger partial charge in [0, 0.05) is 42.8 Å². The lowest BCUT2D eigenvalue weighted by atomic mass is 9.84. The number of nitrogens with zero attached hydrogens (tertiary/aromatic N) is 2. The lowest BCUT2D eigenvalue weighted by Gasteiger charge is -2.38. The van der Waals surface area contributed by atoms with Crippen molar-refractivity contribution in [1.29, 1.82) is 0 Å². The zero-order valence-corrected chi connectivity index (χ0v) is 20.4. The van der Waals surface area contributed by atoms with Gasteiger partial charge in [-0.15, -0.1) is 0 Å². The Labute approximate surface area is 206 Å². The summed E-state index contributed by atoms with van der Waals surface area (Å²) in [4.78, 5) is 17.3. The summed E-state index contributed by atoms with van der Waals surface area (Å²) in [5.74, 6) is -0.0672. The third kappa shape index (κ3) is 4.61. The van der Waals surface area contributed by atoms with E-state index in [0.29, 0.717) is 37.1 Å². The highest BCUT2D eigenvalue weighted by Crippen LogP contribution is 2.35. The van der Waals surface area contributed by atoms with Crippen LogP contribution in [0.15, 0.2) is 83.8 Å². The number of rotatable bonds is 4. The van der Waals surface area contributed by atoms with Crippen LogP contribution >= 0.6 is 0 Å². The van der Waals surface area contributed by atoms with E-state index in [1.165, 1.54) is 11.6 Å². The van der Waals surface area contributed by atoms with E-state index in [4.69, 9.17) is 0 Å². The fraction of sp³-hybridized carbons (Fsp3) is 0.250. The molecule has 6 nitrogen and oxygen atoms in total. The Morgan fingerprint density at radius 2 is 1.66 bits per heavy atom. The van der Waals surface area contributed by atoms with Crippen LogP contribution in [0.3, 0.4) is 0 Å². The minimum atomic E-state index is -3.36. The van der Waals surface area contributed by atoms with Gasteiger partial charge in [0.05, 0.1) is 10.5 Å². The molecular formula is C28H28N2O4S. The van der Waals surface area contributed by atoms with E-state index in [-0.39, 0.29) is 10.8 Å². The van der Waals surface area contributed by atoms with Gasteiger partial charge in [0.1, 0.15) is 0 Å². The van der Waals surface area contributed by atoms with E-state index >= 15 is 0 Å². The Balaban J connectivity index is 1.28. The Morgan fingerprint density at radius 1 is 0.943 bits per heavy atom. The summed E-state index contributed by atoms with van der Waals surface area (Å²) in [6.07, 6.45) is 6.10. The van der Waals surface area contributed by atoms with Gasteiger partial charge < -0.3 is 14.9 Å². The number of fused-ring (bicyclic) bond motifs is 1. The first-order chi connectivity index (χ1) is 16.7. The standard InChI is InChI=1S/C28H28N2O4S/c1-35(33,34)25-9-4-8-23(20-25)28(32)15-18-29(19-16-28)27(31)22-11-13-24(14-12-22)30-17-5-7-21-6-2-3-10-26(21)30/h2-14,20,32H,15-19H2,1H3. The number of hydrogen-bond acceptors (Lipinski definition) is 5. The van der Waals surface area contributed by atoms with E-state index in [2.05, 4.69) is 29.2 Å². The van der Waals surface area contributed by atoms with Crippen LogP contribution in [0.5, 0.6) is 0 Å². The number of carbonyl (C=O) groups is 1. The molecule has 35 heavy (non-hydrogen) atoms. The van der Waals surface area contributed by atoms with Crippen LogP contribution in [0, 0.1) is 0 Å². The first-order valence-electron chi connectivity index (χ1n) is 11.7. The molecular weight excluding hydrogens is 460 g/mol. The molecule has 0 aliphatic carbocycles. The average Bonchev–Trinajstić information content (AvgIpc) is 2.88. The topological polar surface area (TPSA) is 77.9 Å².